The van der Waals surface area contributed by atoms with E-state index in [-0.39, 0.29) is 6.10 Å². The van der Waals surface area contributed by atoms with Crippen molar-refractivity contribution in [3.8, 4) is 0 Å². The number of hydrogen-bond donors (Lipinski definition) is 1. The van der Waals surface area contributed by atoms with Crippen LogP contribution in [0.2, 0.25) is 0 Å². The molecule has 0 radical (unpaired) electrons. The third-order valence-corrected chi connectivity index (χ3v) is 10.6. The fourth-order valence-electron chi connectivity index (χ4n) is 8.25. The van der Waals surface area contributed by atoms with Crippen LogP contribution in [-0.4, -0.2) is 11.2 Å². The Morgan fingerprint density at radius 2 is 1.72 bits per heavy atom. The van der Waals surface area contributed by atoms with Crippen LogP contribution in [0, 0.1) is 52.3 Å². The van der Waals surface area contributed by atoms with Gasteiger partial charge in [-0.25, -0.2) is 0 Å². The molecule has 0 amide bonds. The maximum atomic E-state index is 10.2. The summed E-state index contributed by atoms with van der Waals surface area (Å²) in [6.07, 6.45) is 17.7. The Balaban J connectivity index is 1.53. The topological polar surface area (TPSA) is 20.2 Å². The van der Waals surface area contributed by atoms with E-state index >= 15 is 0 Å². The predicted octanol–water partition coefficient (Wildman–Crippen LogP) is 7.41. The molecule has 9 atom stereocenters. The van der Waals surface area contributed by atoms with Crippen LogP contribution in [0.5, 0.6) is 0 Å². The summed E-state index contributed by atoms with van der Waals surface area (Å²) < 4.78 is 0. The number of fused-ring (bicyclic) bond motifs is 5. The van der Waals surface area contributed by atoms with Gasteiger partial charge in [-0.15, -0.1) is 0 Å². The molecule has 0 heterocycles. The number of aliphatic hydroxyl groups excluding tert-OH is 1. The molecule has 29 heavy (non-hydrogen) atoms. The zero-order chi connectivity index (χ0) is 21.0. The van der Waals surface area contributed by atoms with Gasteiger partial charge in [0.15, 0.2) is 0 Å². The van der Waals surface area contributed by atoms with Crippen LogP contribution in [0.15, 0.2) is 23.8 Å². The minimum absolute atomic E-state index is 0.0866. The van der Waals surface area contributed by atoms with Gasteiger partial charge in [-0.05, 0) is 104 Å². The van der Waals surface area contributed by atoms with Crippen molar-refractivity contribution in [1.82, 2.24) is 0 Å². The molecule has 164 valence electrons. The van der Waals surface area contributed by atoms with Gasteiger partial charge in [0.25, 0.3) is 0 Å². The Bertz CT molecular complexity index is 659. The average molecular weight is 399 g/mol. The lowest BCUT2D eigenvalue weighted by Gasteiger charge is -2.58. The van der Waals surface area contributed by atoms with Crippen LogP contribution in [0.3, 0.4) is 0 Å². The molecule has 0 aliphatic heterocycles. The predicted molar refractivity (Wildman–Crippen MR) is 124 cm³/mol. The van der Waals surface area contributed by atoms with Crippen LogP contribution in [-0.2, 0) is 0 Å². The van der Waals surface area contributed by atoms with Gasteiger partial charge in [0.05, 0.1) is 6.10 Å². The van der Waals surface area contributed by atoms with E-state index in [0.717, 1.165) is 42.4 Å². The summed E-state index contributed by atoms with van der Waals surface area (Å²) in [6, 6.07) is 0. The van der Waals surface area contributed by atoms with Gasteiger partial charge in [0, 0.05) is 0 Å². The maximum Gasteiger partial charge on any atom is 0.0577 e. The Morgan fingerprint density at radius 3 is 2.45 bits per heavy atom. The SMILES string of the molecule is CC(C)C(C)/C=C/C(C)[C@H]1CCC2C3CC=C4C[C@@H](O)CC[C@]4(C)C3CC[C@@]21C. The van der Waals surface area contributed by atoms with Crippen molar-refractivity contribution >= 4 is 0 Å². The van der Waals surface area contributed by atoms with E-state index in [1.807, 2.05) is 0 Å². The van der Waals surface area contributed by atoms with E-state index in [2.05, 4.69) is 59.8 Å². The van der Waals surface area contributed by atoms with E-state index in [1.54, 1.807) is 5.57 Å². The molecule has 0 aromatic heterocycles. The first kappa shape index (κ1) is 21.7. The van der Waals surface area contributed by atoms with Crippen LogP contribution >= 0.6 is 0 Å². The highest BCUT2D eigenvalue weighted by atomic mass is 16.3. The van der Waals surface area contributed by atoms with Gasteiger partial charge in [-0.1, -0.05) is 65.3 Å². The van der Waals surface area contributed by atoms with Crippen molar-refractivity contribution in [2.24, 2.45) is 52.3 Å². The van der Waals surface area contributed by atoms with Crippen molar-refractivity contribution in [1.29, 1.82) is 0 Å². The lowest BCUT2D eigenvalue weighted by molar-refractivity contribution is -0.0540. The number of hydrogen-bond acceptors (Lipinski definition) is 1. The van der Waals surface area contributed by atoms with Gasteiger partial charge in [-0.3, -0.25) is 0 Å². The summed E-state index contributed by atoms with van der Waals surface area (Å²) in [7, 11) is 0. The van der Waals surface area contributed by atoms with Crippen LogP contribution in [0.4, 0.5) is 0 Å². The first-order chi connectivity index (χ1) is 13.7. The standard InChI is InChI=1S/C28H46O/c1-18(2)19(3)7-8-20(4)24-11-12-25-23-10-9-21-17-22(29)13-15-27(21,5)26(23)14-16-28(24,25)6/h7-9,18-20,22-26,29H,10-17H2,1-6H3/b8-7+/t19?,20?,22-,23?,24+,25?,26?,27-,28+/m0/s1. The average Bonchev–Trinajstić information content (AvgIpc) is 3.03. The van der Waals surface area contributed by atoms with Crippen molar-refractivity contribution in [2.45, 2.75) is 99.0 Å². The highest BCUT2D eigenvalue weighted by Gasteiger charge is 2.58. The monoisotopic (exact) mass is 398 g/mol. The minimum atomic E-state index is -0.0866. The molecule has 1 N–H and O–H groups in total. The largest absolute Gasteiger partial charge is 0.393 e. The first-order valence-electron chi connectivity index (χ1n) is 12.7. The zero-order valence-electron chi connectivity index (χ0n) is 20.0. The second kappa shape index (κ2) is 7.85. The number of aliphatic hydroxyl groups is 1. The normalized spacial score (nSPS) is 46.8. The van der Waals surface area contributed by atoms with E-state index in [1.165, 1.54) is 38.5 Å². The summed E-state index contributed by atoms with van der Waals surface area (Å²) >= 11 is 0. The lowest BCUT2D eigenvalue weighted by atomic mass is 9.47. The van der Waals surface area contributed by atoms with Gasteiger partial charge >= 0.3 is 0 Å². The molecule has 4 rings (SSSR count). The molecular formula is C28H46O. The van der Waals surface area contributed by atoms with Gasteiger partial charge in [0.1, 0.15) is 0 Å². The molecule has 0 aromatic rings. The summed E-state index contributed by atoms with van der Waals surface area (Å²) in [5.74, 6) is 5.63. The third kappa shape index (κ3) is 3.58. The molecular weight excluding hydrogens is 352 g/mol. The molecule has 3 saturated carbocycles. The molecule has 1 nitrogen and oxygen atoms in total. The molecule has 0 bridgehead atoms. The fraction of sp³-hybridized carbons (Fsp3) is 0.857. The summed E-state index contributed by atoms with van der Waals surface area (Å²) in [5.41, 5.74) is 2.51. The summed E-state index contributed by atoms with van der Waals surface area (Å²) in [6.45, 7) is 14.7. The Labute approximate surface area is 180 Å². The molecule has 4 aliphatic carbocycles. The zero-order valence-corrected chi connectivity index (χ0v) is 20.0. The molecule has 5 unspecified atom stereocenters. The fourth-order valence-corrected chi connectivity index (χ4v) is 8.25. The van der Waals surface area contributed by atoms with Crippen molar-refractivity contribution < 1.29 is 5.11 Å². The number of allylic oxidation sites excluding steroid dienone is 3. The van der Waals surface area contributed by atoms with Gasteiger partial charge in [-0.2, -0.15) is 0 Å². The molecule has 0 saturated heterocycles. The first-order valence-corrected chi connectivity index (χ1v) is 12.7. The molecule has 4 aliphatic rings. The molecule has 3 fully saturated rings. The highest BCUT2D eigenvalue weighted by Crippen LogP contribution is 2.67. The van der Waals surface area contributed by atoms with E-state index in [4.69, 9.17) is 0 Å². The Hall–Kier alpha value is -0.560. The van der Waals surface area contributed by atoms with Crippen molar-refractivity contribution in [3.63, 3.8) is 0 Å². The molecule has 0 aromatic carbocycles. The van der Waals surface area contributed by atoms with Crippen LogP contribution < -0.4 is 0 Å². The van der Waals surface area contributed by atoms with Gasteiger partial charge in [0.2, 0.25) is 0 Å². The minimum Gasteiger partial charge on any atom is -0.393 e. The quantitative estimate of drug-likeness (QED) is 0.489. The summed E-state index contributed by atoms with van der Waals surface area (Å²) in [5, 5.41) is 10.2. The smallest absolute Gasteiger partial charge is 0.0577 e. The van der Waals surface area contributed by atoms with Crippen LogP contribution in [0.1, 0.15) is 92.9 Å². The van der Waals surface area contributed by atoms with E-state index in [9.17, 15) is 5.11 Å². The highest BCUT2D eigenvalue weighted by molar-refractivity contribution is 5.25. The lowest BCUT2D eigenvalue weighted by Crippen LogP contribution is -2.50. The molecule has 1 heteroatoms. The van der Waals surface area contributed by atoms with E-state index in [0.29, 0.717) is 22.7 Å². The Kier molecular flexibility index (Phi) is 5.86. The Morgan fingerprint density at radius 1 is 0.966 bits per heavy atom. The van der Waals surface area contributed by atoms with Crippen LogP contribution in [0.25, 0.3) is 0 Å². The summed E-state index contributed by atoms with van der Waals surface area (Å²) in [4.78, 5) is 0. The van der Waals surface area contributed by atoms with Crippen molar-refractivity contribution in [2.75, 3.05) is 0 Å². The van der Waals surface area contributed by atoms with E-state index < -0.39 is 0 Å². The molecule has 0 spiro atoms. The second-order valence-corrected chi connectivity index (χ2v) is 12.2. The second-order valence-electron chi connectivity index (χ2n) is 12.2. The van der Waals surface area contributed by atoms with Crippen molar-refractivity contribution in [3.05, 3.63) is 23.8 Å². The maximum absolute atomic E-state index is 10.2. The number of rotatable bonds is 4. The third-order valence-electron chi connectivity index (χ3n) is 10.6. The van der Waals surface area contributed by atoms with Gasteiger partial charge < -0.3 is 5.11 Å².